The maximum Gasteiger partial charge on any atom is 0.137 e. The van der Waals surface area contributed by atoms with Crippen molar-refractivity contribution in [1.29, 1.82) is 0 Å². The molecule has 0 atom stereocenters. The molecule has 0 radical (unpaired) electrons. The Morgan fingerprint density at radius 3 is 3.08 bits per heavy atom. The molecule has 12 heavy (non-hydrogen) atoms. The van der Waals surface area contributed by atoms with E-state index in [2.05, 4.69) is 20.5 Å². The second-order valence-corrected chi connectivity index (χ2v) is 3.13. The smallest absolute Gasteiger partial charge is 0.137 e. The summed E-state index contributed by atoms with van der Waals surface area (Å²) >= 11 is 1.60. The fourth-order valence-corrected chi connectivity index (χ4v) is 1.68. The van der Waals surface area contributed by atoms with Crippen LogP contribution in [0.15, 0.2) is 17.8 Å². The van der Waals surface area contributed by atoms with Crippen molar-refractivity contribution >= 4 is 17.2 Å². The summed E-state index contributed by atoms with van der Waals surface area (Å²) in [5, 5.41) is 12.5. The molecule has 0 amide bonds. The molecule has 5 heteroatoms. The number of aromatic nitrogens is 3. The van der Waals surface area contributed by atoms with Gasteiger partial charge in [0, 0.05) is 24.2 Å². The van der Waals surface area contributed by atoms with Crippen molar-refractivity contribution < 1.29 is 0 Å². The molecule has 0 spiro atoms. The first-order chi connectivity index (χ1) is 5.90. The Hall–Kier alpha value is -1.36. The van der Waals surface area contributed by atoms with Crippen molar-refractivity contribution in [2.75, 3.05) is 12.4 Å². The molecule has 2 N–H and O–H groups in total. The van der Waals surface area contributed by atoms with Crippen LogP contribution in [0.1, 0.15) is 0 Å². The minimum Gasteiger partial charge on any atom is -0.372 e. The van der Waals surface area contributed by atoms with E-state index in [9.17, 15) is 0 Å². The summed E-state index contributed by atoms with van der Waals surface area (Å²) < 4.78 is 0. The number of rotatable bonds is 2. The molecule has 0 fully saturated rings. The fourth-order valence-electron chi connectivity index (χ4n) is 0.889. The molecule has 2 rings (SSSR count). The molecule has 2 aromatic rings. The maximum atomic E-state index is 4.32. The zero-order chi connectivity index (χ0) is 8.39. The molecule has 2 heterocycles. The lowest BCUT2D eigenvalue weighted by Gasteiger charge is -1.88. The van der Waals surface area contributed by atoms with Crippen LogP contribution in [-0.4, -0.2) is 22.2 Å². The van der Waals surface area contributed by atoms with Crippen molar-refractivity contribution in [3.8, 4) is 10.6 Å². The average Bonchev–Trinajstić information content (AvgIpc) is 2.75. The number of thiazole rings is 1. The van der Waals surface area contributed by atoms with Gasteiger partial charge in [0.05, 0.1) is 6.20 Å². The molecule has 2 aromatic heterocycles. The number of hydrogen-bond acceptors (Lipinski definition) is 4. The fraction of sp³-hybridized carbons (Fsp3) is 0.143. The maximum absolute atomic E-state index is 4.32. The van der Waals surface area contributed by atoms with E-state index in [0.717, 1.165) is 16.4 Å². The zero-order valence-electron chi connectivity index (χ0n) is 6.53. The standard InChI is InChI=1S/C7H8N4S/c1-8-6-4-12-7(11-6)5-2-9-10-3-5/h2-4,8H,1H3,(H,9,10). The van der Waals surface area contributed by atoms with Gasteiger partial charge >= 0.3 is 0 Å². The molecular weight excluding hydrogens is 172 g/mol. The minimum atomic E-state index is 0.899. The Morgan fingerprint density at radius 2 is 2.50 bits per heavy atom. The number of aromatic amines is 1. The highest BCUT2D eigenvalue weighted by molar-refractivity contribution is 7.13. The van der Waals surface area contributed by atoms with Crippen molar-refractivity contribution in [2.24, 2.45) is 0 Å². The summed E-state index contributed by atoms with van der Waals surface area (Å²) in [6.07, 6.45) is 3.59. The van der Waals surface area contributed by atoms with Gasteiger partial charge in [-0.2, -0.15) is 5.10 Å². The Balaban J connectivity index is 2.35. The average molecular weight is 180 g/mol. The molecular formula is C7H8N4S. The van der Waals surface area contributed by atoms with E-state index in [1.54, 1.807) is 17.5 Å². The predicted octanol–water partition coefficient (Wildman–Crippen LogP) is 1.57. The molecule has 0 bridgehead atoms. The van der Waals surface area contributed by atoms with Gasteiger partial charge in [0.15, 0.2) is 0 Å². The van der Waals surface area contributed by atoms with E-state index in [-0.39, 0.29) is 0 Å². The van der Waals surface area contributed by atoms with Crippen LogP contribution < -0.4 is 5.32 Å². The Morgan fingerprint density at radius 1 is 1.58 bits per heavy atom. The Labute approximate surface area is 73.7 Å². The third-order valence-corrected chi connectivity index (χ3v) is 2.40. The van der Waals surface area contributed by atoms with Crippen LogP contribution in [0.2, 0.25) is 0 Å². The lowest BCUT2D eigenvalue weighted by Crippen LogP contribution is -1.86. The minimum absolute atomic E-state index is 0.899. The van der Waals surface area contributed by atoms with E-state index >= 15 is 0 Å². The highest BCUT2D eigenvalue weighted by atomic mass is 32.1. The third kappa shape index (κ3) is 1.18. The van der Waals surface area contributed by atoms with Crippen LogP contribution in [0, 0.1) is 0 Å². The van der Waals surface area contributed by atoms with Crippen molar-refractivity contribution in [3.63, 3.8) is 0 Å². The Kier molecular flexibility index (Phi) is 1.79. The van der Waals surface area contributed by atoms with Gasteiger partial charge in [0.25, 0.3) is 0 Å². The number of anilines is 1. The van der Waals surface area contributed by atoms with Gasteiger partial charge in [0.1, 0.15) is 10.8 Å². The van der Waals surface area contributed by atoms with Crippen LogP contribution in [0.4, 0.5) is 5.82 Å². The summed E-state index contributed by atoms with van der Waals surface area (Å²) in [6, 6.07) is 0. The molecule has 4 nitrogen and oxygen atoms in total. The molecule has 62 valence electrons. The van der Waals surface area contributed by atoms with E-state index in [1.807, 2.05) is 18.6 Å². The molecule has 0 aromatic carbocycles. The van der Waals surface area contributed by atoms with Gasteiger partial charge in [0.2, 0.25) is 0 Å². The summed E-state index contributed by atoms with van der Waals surface area (Å²) in [4.78, 5) is 4.32. The third-order valence-electron chi connectivity index (χ3n) is 1.51. The monoisotopic (exact) mass is 180 g/mol. The number of hydrogen-bond donors (Lipinski definition) is 2. The second kappa shape index (κ2) is 2.94. The summed E-state index contributed by atoms with van der Waals surface area (Å²) in [6.45, 7) is 0. The number of nitrogens with one attached hydrogen (secondary N) is 2. The first kappa shape index (κ1) is 7.30. The topological polar surface area (TPSA) is 53.6 Å². The highest BCUT2D eigenvalue weighted by Gasteiger charge is 2.03. The van der Waals surface area contributed by atoms with Crippen LogP contribution in [0.25, 0.3) is 10.6 Å². The van der Waals surface area contributed by atoms with Gasteiger partial charge in [-0.25, -0.2) is 4.98 Å². The normalized spacial score (nSPS) is 10.1. The van der Waals surface area contributed by atoms with E-state index in [4.69, 9.17) is 0 Å². The molecule has 0 aliphatic rings. The van der Waals surface area contributed by atoms with Crippen LogP contribution in [0.3, 0.4) is 0 Å². The van der Waals surface area contributed by atoms with Crippen LogP contribution >= 0.6 is 11.3 Å². The van der Waals surface area contributed by atoms with Crippen LogP contribution in [-0.2, 0) is 0 Å². The van der Waals surface area contributed by atoms with E-state index < -0.39 is 0 Å². The SMILES string of the molecule is CNc1csc(-c2cn[nH]c2)n1. The summed E-state index contributed by atoms with van der Waals surface area (Å²) in [7, 11) is 1.86. The molecule has 0 unspecified atom stereocenters. The van der Waals surface area contributed by atoms with Crippen molar-refractivity contribution in [1.82, 2.24) is 15.2 Å². The lowest BCUT2D eigenvalue weighted by atomic mass is 10.4. The van der Waals surface area contributed by atoms with E-state index in [0.29, 0.717) is 0 Å². The van der Waals surface area contributed by atoms with Gasteiger partial charge in [-0.15, -0.1) is 11.3 Å². The van der Waals surface area contributed by atoms with Crippen molar-refractivity contribution in [2.45, 2.75) is 0 Å². The Bertz CT molecular complexity index is 351. The quantitative estimate of drug-likeness (QED) is 0.737. The summed E-state index contributed by atoms with van der Waals surface area (Å²) in [5.41, 5.74) is 1.03. The first-order valence-electron chi connectivity index (χ1n) is 3.52. The van der Waals surface area contributed by atoms with Gasteiger partial charge in [-0.1, -0.05) is 0 Å². The largest absolute Gasteiger partial charge is 0.372 e. The first-order valence-corrected chi connectivity index (χ1v) is 4.40. The number of nitrogens with zero attached hydrogens (tertiary/aromatic N) is 2. The van der Waals surface area contributed by atoms with Crippen LogP contribution in [0.5, 0.6) is 0 Å². The molecule has 0 saturated heterocycles. The highest BCUT2D eigenvalue weighted by Crippen LogP contribution is 2.24. The lowest BCUT2D eigenvalue weighted by molar-refractivity contribution is 1.09. The summed E-state index contributed by atoms with van der Waals surface area (Å²) in [5.74, 6) is 0.899. The predicted molar refractivity (Wildman–Crippen MR) is 49.2 cm³/mol. The molecule has 0 aliphatic heterocycles. The molecule has 0 saturated carbocycles. The van der Waals surface area contributed by atoms with Crippen molar-refractivity contribution in [3.05, 3.63) is 17.8 Å². The zero-order valence-corrected chi connectivity index (χ0v) is 7.35. The van der Waals surface area contributed by atoms with E-state index in [1.165, 1.54) is 0 Å². The second-order valence-electron chi connectivity index (χ2n) is 2.27. The van der Waals surface area contributed by atoms with Gasteiger partial charge in [-0.05, 0) is 0 Å². The number of H-pyrrole nitrogens is 1. The van der Waals surface area contributed by atoms with Gasteiger partial charge < -0.3 is 5.32 Å². The van der Waals surface area contributed by atoms with Gasteiger partial charge in [-0.3, -0.25) is 5.10 Å². The molecule has 0 aliphatic carbocycles.